The zero-order valence-electron chi connectivity index (χ0n) is 14.1. The Kier molecular flexibility index (Phi) is 4.62. The van der Waals surface area contributed by atoms with E-state index in [0.29, 0.717) is 11.2 Å². The molecule has 0 unspecified atom stereocenters. The second kappa shape index (κ2) is 6.84. The molecule has 2 aromatic carbocycles. The lowest BCUT2D eigenvalue weighted by molar-refractivity contribution is -0.729. The molecule has 0 aliphatic rings. The fourth-order valence-corrected chi connectivity index (χ4v) is 2.99. The molecule has 0 fully saturated rings. The number of nitrogens with two attached hydrogens (primary N) is 1. The molecule has 124 valence electrons. The lowest BCUT2D eigenvalue weighted by Crippen LogP contribution is -2.85. The number of aromatic nitrogens is 2. The van der Waals surface area contributed by atoms with E-state index in [0.717, 1.165) is 16.8 Å². The smallest absolute Gasteiger partial charge is 0.258 e. The van der Waals surface area contributed by atoms with E-state index in [2.05, 4.69) is 28.3 Å². The Labute approximate surface area is 140 Å². The second-order valence-corrected chi connectivity index (χ2v) is 5.98. The first-order chi connectivity index (χ1) is 11.6. The van der Waals surface area contributed by atoms with Crippen molar-refractivity contribution in [3.63, 3.8) is 0 Å². The van der Waals surface area contributed by atoms with Gasteiger partial charge in [0.1, 0.15) is 17.8 Å². The van der Waals surface area contributed by atoms with E-state index in [-0.39, 0.29) is 17.6 Å². The van der Waals surface area contributed by atoms with Gasteiger partial charge in [0.2, 0.25) is 0 Å². The fraction of sp³-hybridized carbons (Fsp3) is 0.263. The molecule has 0 saturated carbocycles. The number of hydrogen-bond donors (Lipinski definition) is 2. The largest absolute Gasteiger partial charge is 0.496 e. The number of aromatic amines is 1. The molecule has 3 aromatic rings. The highest BCUT2D eigenvalue weighted by atomic mass is 16.5. The molecular formula is C19H22N3O2+. The molecule has 0 aliphatic heterocycles. The summed E-state index contributed by atoms with van der Waals surface area (Å²) in [5.41, 5.74) is 1.75. The van der Waals surface area contributed by atoms with Crippen LogP contribution in [0.1, 0.15) is 37.3 Å². The van der Waals surface area contributed by atoms with Gasteiger partial charge < -0.3 is 15.0 Å². The molecule has 1 aromatic heterocycles. The molecule has 0 bridgehead atoms. The van der Waals surface area contributed by atoms with Gasteiger partial charge in [-0.2, -0.15) is 0 Å². The molecular weight excluding hydrogens is 302 g/mol. The highest BCUT2D eigenvalue weighted by molar-refractivity contribution is 5.77. The summed E-state index contributed by atoms with van der Waals surface area (Å²) >= 11 is 0. The fourth-order valence-electron chi connectivity index (χ4n) is 2.99. The summed E-state index contributed by atoms with van der Waals surface area (Å²) < 4.78 is 5.44. The summed E-state index contributed by atoms with van der Waals surface area (Å²) in [6.45, 7) is 4.16. The first-order valence-corrected chi connectivity index (χ1v) is 8.07. The molecule has 0 saturated heterocycles. The number of H-pyrrole nitrogens is 1. The SMILES string of the molecule is COc1ccccc1[C@@H](C)[NH2+][C@@H](C)c1nc2ccccc2c(=O)[nH]1. The van der Waals surface area contributed by atoms with Crippen LogP contribution in [0.3, 0.4) is 0 Å². The van der Waals surface area contributed by atoms with Crippen LogP contribution < -0.4 is 15.6 Å². The molecule has 3 rings (SSSR count). The topological polar surface area (TPSA) is 71.6 Å². The summed E-state index contributed by atoms with van der Waals surface area (Å²) in [6.07, 6.45) is 0. The van der Waals surface area contributed by atoms with E-state index in [9.17, 15) is 4.79 Å². The van der Waals surface area contributed by atoms with Crippen molar-refractivity contribution < 1.29 is 10.1 Å². The van der Waals surface area contributed by atoms with Crippen LogP contribution in [0.4, 0.5) is 0 Å². The van der Waals surface area contributed by atoms with Crippen molar-refractivity contribution in [2.45, 2.75) is 25.9 Å². The van der Waals surface area contributed by atoms with Gasteiger partial charge in [-0.3, -0.25) is 4.79 Å². The molecule has 24 heavy (non-hydrogen) atoms. The first-order valence-electron chi connectivity index (χ1n) is 8.07. The van der Waals surface area contributed by atoms with Gasteiger partial charge in [-0.1, -0.05) is 24.3 Å². The number of ether oxygens (including phenoxy) is 1. The lowest BCUT2D eigenvalue weighted by Gasteiger charge is -2.18. The van der Waals surface area contributed by atoms with Crippen LogP contribution in [0.25, 0.3) is 10.9 Å². The summed E-state index contributed by atoms with van der Waals surface area (Å²) in [6, 6.07) is 15.6. The number of quaternary nitrogens is 1. The molecule has 0 amide bonds. The maximum atomic E-state index is 12.2. The van der Waals surface area contributed by atoms with Crippen LogP contribution in [-0.4, -0.2) is 17.1 Å². The number of rotatable bonds is 5. The van der Waals surface area contributed by atoms with Crippen molar-refractivity contribution in [1.29, 1.82) is 0 Å². The van der Waals surface area contributed by atoms with E-state index in [1.165, 1.54) is 0 Å². The van der Waals surface area contributed by atoms with Crippen LogP contribution in [0.15, 0.2) is 53.3 Å². The molecule has 2 atom stereocenters. The minimum atomic E-state index is -0.0965. The zero-order valence-corrected chi connectivity index (χ0v) is 14.1. The van der Waals surface area contributed by atoms with Gasteiger partial charge in [0, 0.05) is 0 Å². The standard InChI is InChI=1S/C19H21N3O2/c1-12(14-8-5-7-11-17(14)24-3)20-13(2)18-21-16-10-6-4-9-15(16)19(23)22-18/h4-13,20H,1-3H3,(H,21,22,23)/p+1/t12-,13+/m1/s1. The summed E-state index contributed by atoms with van der Waals surface area (Å²) in [5.74, 6) is 1.55. The normalized spacial score (nSPS) is 13.6. The number of methoxy groups -OCH3 is 1. The molecule has 5 nitrogen and oxygen atoms in total. The molecule has 0 radical (unpaired) electrons. The van der Waals surface area contributed by atoms with Crippen molar-refractivity contribution in [2.24, 2.45) is 0 Å². The van der Waals surface area contributed by atoms with Gasteiger partial charge in [-0.05, 0) is 38.1 Å². The van der Waals surface area contributed by atoms with E-state index in [4.69, 9.17) is 4.74 Å². The van der Waals surface area contributed by atoms with Crippen molar-refractivity contribution in [3.8, 4) is 5.75 Å². The van der Waals surface area contributed by atoms with Crippen LogP contribution in [0, 0.1) is 0 Å². The monoisotopic (exact) mass is 324 g/mol. The highest BCUT2D eigenvalue weighted by Gasteiger charge is 2.20. The van der Waals surface area contributed by atoms with Crippen LogP contribution >= 0.6 is 0 Å². The molecule has 0 spiro atoms. The Morgan fingerprint density at radius 1 is 1.04 bits per heavy atom. The third-order valence-corrected chi connectivity index (χ3v) is 4.27. The molecule has 5 heteroatoms. The molecule has 3 N–H and O–H groups in total. The average molecular weight is 324 g/mol. The van der Waals surface area contributed by atoms with Gasteiger partial charge in [-0.25, -0.2) is 4.98 Å². The minimum absolute atomic E-state index is 0.0159. The Morgan fingerprint density at radius 3 is 2.54 bits per heavy atom. The Morgan fingerprint density at radius 2 is 1.75 bits per heavy atom. The number of benzene rings is 2. The quantitative estimate of drug-likeness (QED) is 0.756. The maximum Gasteiger partial charge on any atom is 0.258 e. The predicted molar refractivity (Wildman–Crippen MR) is 94.1 cm³/mol. The number of hydrogen-bond acceptors (Lipinski definition) is 3. The van der Waals surface area contributed by atoms with Gasteiger partial charge in [-0.15, -0.1) is 0 Å². The summed E-state index contributed by atoms with van der Waals surface area (Å²) in [4.78, 5) is 19.7. The third-order valence-electron chi connectivity index (χ3n) is 4.27. The first kappa shape index (κ1) is 16.2. The Balaban J connectivity index is 1.87. The average Bonchev–Trinajstić information content (AvgIpc) is 2.61. The molecule has 0 aliphatic carbocycles. The van der Waals surface area contributed by atoms with Crippen molar-refractivity contribution >= 4 is 10.9 Å². The van der Waals surface area contributed by atoms with Gasteiger partial charge in [0.15, 0.2) is 5.82 Å². The molecule has 1 heterocycles. The van der Waals surface area contributed by atoms with E-state index in [1.807, 2.05) is 43.3 Å². The third kappa shape index (κ3) is 3.16. The highest BCUT2D eigenvalue weighted by Crippen LogP contribution is 2.22. The van der Waals surface area contributed by atoms with Gasteiger partial charge in [0.05, 0.1) is 23.6 Å². The van der Waals surface area contributed by atoms with E-state index in [1.54, 1.807) is 13.2 Å². The number of para-hydroxylation sites is 2. The maximum absolute atomic E-state index is 12.2. The van der Waals surface area contributed by atoms with Crippen molar-refractivity contribution in [2.75, 3.05) is 7.11 Å². The van der Waals surface area contributed by atoms with Crippen LogP contribution in [0.2, 0.25) is 0 Å². The van der Waals surface area contributed by atoms with E-state index < -0.39 is 0 Å². The van der Waals surface area contributed by atoms with Gasteiger partial charge in [0.25, 0.3) is 5.56 Å². The lowest BCUT2D eigenvalue weighted by atomic mass is 10.1. The zero-order chi connectivity index (χ0) is 17.1. The number of nitrogens with one attached hydrogen (secondary N) is 1. The Bertz CT molecular complexity index is 904. The van der Waals surface area contributed by atoms with Gasteiger partial charge >= 0.3 is 0 Å². The second-order valence-electron chi connectivity index (χ2n) is 5.98. The van der Waals surface area contributed by atoms with Crippen molar-refractivity contribution in [3.05, 3.63) is 70.3 Å². The van der Waals surface area contributed by atoms with Crippen LogP contribution in [0.5, 0.6) is 5.75 Å². The minimum Gasteiger partial charge on any atom is -0.496 e. The number of nitrogens with zero attached hydrogens (tertiary/aromatic N) is 1. The summed E-state index contributed by atoms with van der Waals surface area (Å²) in [7, 11) is 1.68. The predicted octanol–water partition coefficient (Wildman–Crippen LogP) is 2.32. The van der Waals surface area contributed by atoms with Crippen molar-refractivity contribution in [1.82, 2.24) is 9.97 Å². The summed E-state index contributed by atoms with van der Waals surface area (Å²) in [5, 5.41) is 2.79. The van der Waals surface area contributed by atoms with E-state index >= 15 is 0 Å². The Hall–Kier alpha value is -2.66. The van der Waals surface area contributed by atoms with Crippen LogP contribution in [-0.2, 0) is 0 Å². The number of fused-ring (bicyclic) bond motifs is 1.